The first-order valence-corrected chi connectivity index (χ1v) is 4.78. The summed E-state index contributed by atoms with van der Waals surface area (Å²) in [7, 11) is 0. The molecule has 74 valence electrons. The first-order valence-electron chi connectivity index (χ1n) is 3.32. The summed E-state index contributed by atoms with van der Waals surface area (Å²) in [5.74, 6) is 0. The second-order valence-electron chi connectivity index (χ2n) is 2.43. The van der Waals surface area contributed by atoms with Gasteiger partial charge in [-0.2, -0.15) is 18.4 Å². The molecule has 0 amide bonds. The van der Waals surface area contributed by atoms with Crippen LogP contribution in [0.5, 0.6) is 0 Å². The summed E-state index contributed by atoms with van der Waals surface area (Å²) in [5, 5.41) is 8.58. The van der Waals surface area contributed by atoms with Gasteiger partial charge in [-0.1, -0.05) is 11.6 Å². The molecule has 0 unspecified atom stereocenters. The fourth-order valence-electron chi connectivity index (χ4n) is 0.834. The first kappa shape index (κ1) is 11.6. The molecule has 0 aliphatic carbocycles. The van der Waals surface area contributed by atoms with E-state index in [-0.39, 0.29) is 14.2 Å². The van der Waals surface area contributed by atoms with Crippen LogP contribution in [0.15, 0.2) is 12.1 Å². The van der Waals surface area contributed by atoms with Gasteiger partial charge in [0, 0.05) is 3.57 Å². The van der Waals surface area contributed by atoms with E-state index in [2.05, 4.69) is 0 Å². The molecule has 0 aliphatic heterocycles. The van der Waals surface area contributed by atoms with Crippen LogP contribution in [0.4, 0.5) is 13.2 Å². The van der Waals surface area contributed by atoms with E-state index in [0.717, 1.165) is 12.1 Å². The third-order valence-electron chi connectivity index (χ3n) is 1.48. The average molecular weight is 331 g/mol. The van der Waals surface area contributed by atoms with Gasteiger partial charge in [0.2, 0.25) is 0 Å². The maximum Gasteiger partial charge on any atom is 0.416 e. The van der Waals surface area contributed by atoms with Crippen LogP contribution in [0.1, 0.15) is 11.1 Å². The lowest BCUT2D eigenvalue weighted by Crippen LogP contribution is -2.06. The van der Waals surface area contributed by atoms with Gasteiger partial charge in [0.05, 0.1) is 16.1 Å². The van der Waals surface area contributed by atoms with Crippen LogP contribution < -0.4 is 0 Å². The summed E-state index contributed by atoms with van der Waals surface area (Å²) in [6.07, 6.45) is -4.45. The lowest BCUT2D eigenvalue weighted by Gasteiger charge is -2.08. The molecule has 14 heavy (non-hydrogen) atoms. The van der Waals surface area contributed by atoms with Gasteiger partial charge in [-0.25, -0.2) is 0 Å². The van der Waals surface area contributed by atoms with Crippen LogP contribution in [-0.2, 0) is 6.18 Å². The standard InChI is InChI=1S/C8H2ClF3IN/c9-7-4(3-14)1-5(2-6(7)13)8(10,11)12/h1-2H. The fourth-order valence-corrected chi connectivity index (χ4v) is 1.61. The molecule has 0 heterocycles. The molecule has 0 bridgehead atoms. The summed E-state index contributed by atoms with van der Waals surface area (Å²) in [6, 6.07) is 3.26. The summed E-state index contributed by atoms with van der Waals surface area (Å²) < 4.78 is 37.0. The SMILES string of the molecule is N#Cc1cc(C(F)(F)F)cc(I)c1Cl. The topological polar surface area (TPSA) is 23.8 Å². The third-order valence-corrected chi connectivity index (χ3v) is 3.05. The lowest BCUT2D eigenvalue weighted by molar-refractivity contribution is -0.137. The number of nitriles is 1. The Morgan fingerprint density at radius 1 is 1.36 bits per heavy atom. The first-order chi connectivity index (χ1) is 6.36. The molecule has 0 aliphatic rings. The van der Waals surface area contributed by atoms with Gasteiger partial charge in [0.15, 0.2) is 0 Å². The van der Waals surface area contributed by atoms with E-state index in [0.29, 0.717) is 0 Å². The van der Waals surface area contributed by atoms with Gasteiger partial charge in [-0.3, -0.25) is 0 Å². The van der Waals surface area contributed by atoms with Gasteiger partial charge in [0.1, 0.15) is 6.07 Å². The van der Waals surface area contributed by atoms with Crippen molar-refractivity contribution in [1.29, 1.82) is 5.26 Å². The number of benzene rings is 1. The molecular weight excluding hydrogens is 329 g/mol. The van der Waals surface area contributed by atoms with Gasteiger partial charge in [0.25, 0.3) is 0 Å². The normalized spacial score (nSPS) is 11.1. The molecule has 0 aromatic heterocycles. The van der Waals surface area contributed by atoms with Gasteiger partial charge in [-0.05, 0) is 34.7 Å². The maximum atomic E-state index is 12.3. The molecule has 0 atom stereocenters. The molecule has 0 fully saturated rings. The van der Waals surface area contributed by atoms with Crippen LogP contribution in [0.2, 0.25) is 5.02 Å². The molecule has 1 nitrogen and oxygen atoms in total. The van der Waals surface area contributed by atoms with Crippen LogP contribution in [0.25, 0.3) is 0 Å². The zero-order valence-electron chi connectivity index (χ0n) is 6.49. The Kier molecular flexibility index (Phi) is 3.27. The highest BCUT2D eigenvalue weighted by Gasteiger charge is 2.31. The molecule has 0 saturated heterocycles. The molecule has 0 spiro atoms. The van der Waals surface area contributed by atoms with Crippen LogP contribution in [0.3, 0.4) is 0 Å². The number of hydrogen-bond donors (Lipinski definition) is 0. The third kappa shape index (κ3) is 2.30. The van der Waals surface area contributed by atoms with Crippen LogP contribution >= 0.6 is 34.2 Å². The van der Waals surface area contributed by atoms with E-state index >= 15 is 0 Å². The monoisotopic (exact) mass is 331 g/mol. The summed E-state index contributed by atoms with van der Waals surface area (Å²) in [4.78, 5) is 0. The van der Waals surface area contributed by atoms with Gasteiger partial charge in [-0.15, -0.1) is 0 Å². The Morgan fingerprint density at radius 3 is 2.36 bits per heavy atom. The summed E-state index contributed by atoms with van der Waals surface area (Å²) in [6.45, 7) is 0. The Bertz CT molecular complexity index is 408. The van der Waals surface area contributed by atoms with Crippen molar-refractivity contribution in [2.75, 3.05) is 0 Å². The van der Waals surface area contributed by atoms with E-state index in [1.807, 2.05) is 0 Å². The molecule has 0 N–H and O–H groups in total. The van der Waals surface area contributed by atoms with E-state index in [9.17, 15) is 13.2 Å². The van der Waals surface area contributed by atoms with E-state index in [4.69, 9.17) is 16.9 Å². The van der Waals surface area contributed by atoms with Crippen LogP contribution in [-0.4, -0.2) is 0 Å². The van der Waals surface area contributed by atoms with Gasteiger partial charge >= 0.3 is 6.18 Å². The second-order valence-corrected chi connectivity index (χ2v) is 3.97. The molecule has 0 saturated carbocycles. The minimum atomic E-state index is -4.45. The Morgan fingerprint density at radius 2 is 1.93 bits per heavy atom. The summed E-state index contributed by atoms with van der Waals surface area (Å²) >= 11 is 7.27. The average Bonchev–Trinajstić information content (AvgIpc) is 2.07. The Hall–Kier alpha value is -0.480. The molecular formula is C8H2ClF3IN. The molecule has 0 radical (unpaired) electrons. The number of halogens is 5. The van der Waals surface area contributed by atoms with Crippen molar-refractivity contribution in [3.63, 3.8) is 0 Å². The maximum absolute atomic E-state index is 12.3. The zero-order chi connectivity index (χ0) is 10.9. The van der Waals surface area contributed by atoms with Crippen molar-refractivity contribution >= 4 is 34.2 Å². The molecule has 1 rings (SSSR count). The minimum absolute atomic E-state index is 0.0566. The number of alkyl halides is 3. The predicted octanol–water partition coefficient (Wildman–Crippen LogP) is 3.84. The highest BCUT2D eigenvalue weighted by molar-refractivity contribution is 14.1. The number of hydrogen-bond acceptors (Lipinski definition) is 1. The molecule has 6 heteroatoms. The number of nitrogens with zero attached hydrogens (tertiary/aromatic N) is 1. The van der Waals surface area contributed by atoms with Crippen molar-refractivity contribution in [1.82, 2.24) is 0 Å². The number of rotatable bonds is 0. The highest BCUT2D eigenvalue weighted by Crippen LogP contribution is 2.34. The Balaban J connectivity index is 3.40. The fraction of sp³-hybridized carbons (Fsp3) is 0.125. The highest BCUT2D eigenvalue weighted by atomic mass is 127. The van der Waals surface area contributed by atoms with Crippen molar-refractivity contribution in [2.45, 2.75) is 6.18 Å². The van der Waals surface area contributed by atoms with Crippen molar-refractivity contribution in [3.05, 3.63) is 31.9 Å². The van der Waals surface area contributed by atoms with Crippen molar-refractivity contribution in [3.8, 4) is 6.07 Å². The van der Waals surface area contributed by atoms with E-state index in [1.54, 1.807) is 28.7 Å². The largest absolute Gasteiger partial charge is 0.416 e. The molecule has 1 aromatic carbocycles. The van der Waals surface area contributed by atoms with Gasteiger partial charge < -0.3 is 0 Å². The zero-order valence-corrected chi connectivity index (χ0v) is 9.41. The quantitative estimate of drug-likeness (QED) is 0.663. The summed E-state index contributed by atoms with van der Waals surface area (Å²) in [5.41, 5.74) is -1.02. The minimum Gasteiger partial charge on any atom is -0.192 e. The van der Waals surface area contributed by atoms with E-state index < -0.39 is 11.7 Å². The van der Waals surface area contributed by atoms with Crippen molar-refractivity contribution < 1.29 is 13.2 Å². The smallest absolute Gasteiger partial charge is 0.192 e. The lowest BCUT2D eigenvalue weighted by atomic mass is 10.1. The second kappa shape index (κ2) is 3.95. The predicted molar refractivity (Wildman–Crippen MR) is 53.9 cm³/mol. The Labute approximate surface area is 96.6 Å². The van der Waals surface area contributed by atoms with E-state index in [1.165, 1.54) is 0 Å². The van der Waals surface area contributed by atoms with Crippen LogP contribution in [0, 0.1) is 14.9 Å². The van der Waals surface area contributed by atoms with Crippen molar-refractivity contribution in [2.24, 2.45) is 0 Å². The molecule has 1 aromatic rings.